The van der Waals surface area contributed by atoms with Crippen LogP contribution in [0.3, 0.4) is 0 Å². The zero-order valence-corrected chi connectivity index (χ0v) is 12.3. The molecule has 1 aliphatic heterocycles. The summed E-state index contributed by atoms with van der Waals surface area (Å²) >= 11 is 0. The molecular formula is C14H20O5S. The highest BCUT2D eigenvalue weighted by atomic mass is 32.2. The Balaban J connectivity index is 1.67. The predicted molar refractivity (Wildman–Crippen MR) is 75.2 cm³/mol. The Morgan fingerprint density at radius 2 is 1.95 bits per heavy atom. The van der Waals surface area contributed by atoms with E-state index in [1.807, 2.05) is 30.3 Å². The molecule has 1 aliphatic rings. The fourth-order valence-corrected chi connectivity index (χ4v) is 2.49. The van der Waals surface area contributed by atoms with Crippen molar-refractivity contribution in [2.75, 3.05) is 26.1 Å². The smallest absolute Gasteiger partial charge is 0.264 e. The molecule has 0 radical (unpaired) electrons. The lowest BCUT2D eigenvalue weighted by molar-refractivity contribution is -0.0455. The molecule has 112 valence electrons. The Labute approximate surface area is 120 Å². The Kier molecular flexibility index (Phi) is 5.39. The fourth-order valence-electron chi connectivity index (χ4n) is 2.05. The minimum atomic E-state index is -3.36. The molecule has 2 rings (SSSR count). The van der Waals surface area contributed by atoms with Gasteiger partial charge in [0.25, 0.3) is 10.1 Å². The van der Waals surface area contributed by atoms with Crippen LogP contribution in [0.2, 0.25) is 0 Å². The number of benzene rings is 1. The van der Waals surface area contributed by atoms with E-state index in [1.165, 1.54) is 0 Å². The highest BCUT2D eigenvalue weighted by Crippen LogP contribution is 2.21. The molecule has 6 heteroatoms. The van der Waals surface area contributed by atoms with Gasteiger partial charge in [0.05, 0.1) is 25.6 Å². The molecule has 2 atom stereocenters. The van der Waals surface area contributed by atoms with Crippen molar-refractivity contribution in [1.82, 2.24) is 0 Å². The van der Waals surface area contributed by atoms with Crippen LogP contribution in [0.1, 0.15) is 12.8 Å². The van der Waals surface area contributed by atoms with Gasteiger partial charge in [0, 0.05) is 5.92 Å². The van der Waals surface area contributed by atoms with Crippen molar-refractivity contribution >= 4 is 10.1 Å². The molecular weight excluding hydrogens is 280 g/mol. The van der Waals surface area contributed by atoms with Gasteiger partial charge in [0.1, 0.15) is 12.4 Å². The van der Waals surface area contributed by atoms with Crippen molar-refractivity contribution < 1.29 is 22.1 Å². The van der Waals surface area contributed by atoms with Gasteiger partial charge in [-0.25, -0.2) is 0 Å². The van der Waals surface area contributed by atoms with Gasteiger partial charge in [-0.1, -0.05) is 18.2 Å². The summed E-state index contributed by atoms with van der Waals surface area (Å²) in [5.74, 6) is 0.969. The first-order valence-corrected chi connectivity index (χ1v) is 8.48. The van der Waals surface area contributed by atoms with Crippen molar-refractivity contribution in [3.63, 3.8) is 0 Å². The fraction of sp³-hybridized carbons (Fsp3) is 0.571. The maximum atomic E-state index is 10.9. The summed E-state index contributed by atoms with van der Waals surface area (Å²) in [7, 11) is -3.36. The van der Waals surface area contributed by atoms with E-state index in [2.05, 4.69) is 0 Å². The zero-order valence-electron chi connectivity index (χ0n) is 11.5. The Bertz CT molecular complexity index is 492. The van der Waals surface area contributed by atoms with Crippen LogP contribution >= 0.6 is 0 Å². The Morgan fingerprint density at radius 3 is 2.55 bits per heavy atom. The first kappa shape index (κ1) is 15.3. The number of rotatable bonds is 6. The lowest BCUT2D eigenvalue weighted by Gasteiger charge is -2.28. The van der Waals surface area contributed by atoms with Crippen LogP contribution in [0.25, 0.3) is 0 Å². The van der Waals surface area contributed by atoms with Crippen LogP contribution in [-0.2, 0) is 19.0 Å². The van der Waals surface area contributed by atoms with E-state index >= 15 is 0 Å². The molecule has 1 aromatic rings. The van der Waals surface area contributed by atoms with E-state index in [0.29, 0.717) is 13.2 Å². The van der Waals surface area contributed by atoms with Crippen LogP contribution in [0.15, 0.2) is 30.3 Å². The summed E-state index contributed by atoms with van der Waals surface area (Å²) < 4.78 is 37.9. The predicted octanol–water partition coefficient (Wildman–Crippen LogP) is 1.84. The molecule has 0 aromatic heterocycles. The number of hydrogen-bond donors (Lipinski definition) is 0. The third-order valence-corrected chi connectivity index (χ3v) is 3.73. The number of hydrogen-bond acceptors (Lipinski definition) is 5. The monoisotopic (exact) mass is 300 g/mol. The minimum Gasteiger partial charge on any atom is -0.491 e. The van der Waals surface area contributed by atoms with Crippen LogP contribution < -0.4 is 4.74 Å². The second-order valence-corrected chi connectivity index (χ2v) is 6.66. The highest BCUT2D eigenvalue weighted by Gasteiger charge is 2.23. The van der Waals surface area contributed by atoms with Crippen LogP contribution in [-0.4, -0.2) is 40.6 Å². The maximum Gasteiger partial charge on any atom is 0.264 e. The van der Waals surface area contributed by atoms with Crippen molar-refractivity contribution in [2.24, 2.45) is 5.92 Å². The average Bonchev–Trinajstić information content (AvgIpc) is 2.44. The molecule has 20 heavy (non-hydrogen) atoms. The Morgan fingerprint density at radius 1 is 1.20 bits per heavy atom. The maximum absolute atomic E-state index is 10.9. The third-order valence-electron chi connectivity index (χ3n) is 3.16. The first-order chi connectivity index (χ1) is 9.53. The van der Waals surface area contributed by atoms with Gasteiger partial charge >= 0.3 is 0 Å². The highest BCUT2D eigenvalue weighted by molar-refractivity contribution is 7.85. The lowest BCUT2D eigenvalue weighted by atomic mass is 10.00. The number of ether oxygens (including phenoxy) is 2. The zero-order chi connectivity index (χ0) is 14.4. The average molecular weight is 300 g/mol. The molecule has 1 saturated heterocycles. The topological polar surface area (TPSA) is 61.8 Å². The minimum absolute atomic E-state index is 0.0599. The third kappa shape index (κ3) is 5.48. The van der Waals surface area contributed by atoms with E-state index in [4.69, 9.17) is 13.7 Å². The van der Waals surface area contributed by atoms with Crippen molar-refractivity contribution in [3.8, 4) is 5.75 Å². The molecule has 0 N–H and O–H groups in total. The van der Waals surface area contributed by atoms with E-state index in [9.17, 15) is 8.42 Å². The molecule has 0 saturated carbocycles. The quantitative estimate of drug-likeness (QED) is 0.750. The summed E-state index contributed by atoms with van der Waals surface area (Å²) in [6.45, 7) is 1.23. The van der Waals surface area contributed by atoms with E-state index in [-0.39, 0.29) is 18.6 Å². The van der Waals surface area contributed by atoms with E-state index in [1.54, 1.807) is 0 Å². The molecule has 0 spiro atoms. The van der Waals surface area contributed by atoms with Gasteiger partial charge in [0.2, 0.25) is 0 Å². The van der Waals surface area contributed by atoms with E-state index < -0.39 is 10.1 Å². The van der Waals surface area contributed by atoms with Crippen LogP contribution in [0, 0.1) is 5.92 Å². The van der Waals surface area contributed by atoms with Gasteiger partial charge in [-0.15, -0.1) is 0 Å². The molecule has 1 aromatic carbocycles. The van der Waals surface area contributed by atoms with Gasteiger partial charge in [0.15, 0.2) is 0 Å². The summed E-state index contributed by atoms with van der Waals surface area (Å²) in [6, 6.07) is 9.61. The normalized spacial score (nSPS) is 23.4. The van der Waals surface area contributed by atoms with E-state index in [0.717, 1.165) is 24.8 Å². The summed E-state index contributed by atoms with van der Waals surface area (Å²) in [4.78, 5) is 0. The Hall–Kier alpha value is -1.11. The molecule has 0 amide bonds. The van der Waals surface area contributed by atoms with Crippen molar-refractivity contribution in [3.05, 3.63) is 30.3 Å². The second-order valence-electron chi connectivity index (χ2n) is 5.01. The standard InChI is InChI=1S/C14H20O5S/c1-20(15,16)19-10-12-7-8-14(17-9-12)11-18-13-5-3-2-4-6-13/h2-6,12,14H,7-11H2,1H3. The van der Waals surface area contributed by atoms with Crippen LogP contribution in [0.5, 0.6) is 5.75 Å². The van der Waals surface area contributed by atoms with Crippen molar-refractivity contribution in [2.45, 2.75) is 18.9 Å². The molecule has 2 unspecified atom stereocenters. The van der Waals surface area contributed by atoms with Gasteiger partial charge in [-0.2, -0.15) is 8.42 Å². The molecule has 0 bridgehead atoms. The second kappa shape index (κ2) is 7.06. The summed E-state index contributed by atoms with van der Waals surface area (Å²) in [6.07, 6.45) is 2.86. The van der Waals surface area contributed by atoms with Gasteiger partial charge in [-0.05, 0) is 25.0 Å². The van der Waals surface area contributed by atoms with Crippen molar-refractivity contribution in [1.29, 1.82) is 0 Å². The molecule has 1 heterocycles. The van der Waals surface area contributed by atoms with Gasteiger partial charge in [-0.3, -0.25) is 4.18 Å². The largest absolute Gasteiger partial charge is 0.491 e. The molecule has 1 fully saturated rings. The number of para-hydroxylation sites is 1. The molecule has 5 nitrogen and oxygen atoms in total. The molecule has 0 aliphatic carbocycles. The summed E-state index contributed by atoms with van der Waals surface area (Å²) in [5.41, 5.74) is 0. The van der Waals surface area contributed by atoms with Crippen LogP contribution in [0.4, 0.5) is 0 Å². The first-order valence-electron chi connectivity index (χ1n) is 6.67. The SMILES string of the molecule is CS(=O)(=O)OCC1CCC(COc2ccccc2)OC1. The summed E-state index contributed by atoms with van der Waals surface area (Å²) in [5, 5.41) is 0. The van der Waals surface area contributed by atoms with Gasteiger partial charge < -0.3 is 9.47 Å². The lowest BCUT2D eigenvalue weighted by Crippen LogP contribution is -2.32.